The van der Waals surface area contributed by atoms with Crippen LogP contribution in [0.25, 0.3) is 0 Å². The first-order valence-corrected chi connectivity index (χ1v) is 7.21. The van der Waals surface area contributed by atoms with Crippen molar-refractivity contribution >= 4 is 0 Å². The zero-order valence-corrected chi connectivity index (χ0v) is 12.1. The number of likely N-dealkylation sites (tertiary alicyclic amines) is 1. The van der Waals surface area contributed by atoms with Gasteiger partial charge in [0.25, 0.3) is 0 Å². The molecule has 2 rings (SSSR count). The van der Waals surface area contributed by atoms with Gasteiger partial charge in [-0.2, -0.15) is 0 Å². The highest BCUT2D eigenvalue weighted by molar-refractivity contribution is 5.32. The lowest BCUT2D eigenvalue weighted by molar-refractivity contribution is 0.118. The molecule has 1 aliphatic heterocycles. The second-order valence-electron chi connectivity index (χ2n) is 5.64. The van der Waals surface area contributed by atoms with Crippen LogP contribution < -0.4 is 4.74 Å². The monoisotopic (exact) mass is 263 g/mol. The number of rotatable bonds is 5. The Labute approximate surface area is 116 Å². The average Bonchev–Trinajstić information content (AvgIpc) is 2.38. The van der Waals surface area contributed by atoms with Gasteiger partial charge in [-0.15, -0.1) is 0 Å². The average molecular weight is 263 g/mol. The zero-order valence-electron chi connectivity index (χ0n) is 12.1. The zero-order chi connectivity index (χ0) is 13.7. The molecule has 0 saturated carbocycles. The number of benzene rings is 1. The molecule has 0 aliphatic carbocycles. The number of ether oxygens (including phenoxy) is 1. The Morgan fingerprint density at radius 2 is 1.79 bits per heavy atom. The van der Waals surface area contributed by atoms with Crippen molar-refractivity contribution in [1.82, 2.24) is 4.90 Å². The van der Waals surface area contributed by atoms with Gasteiger partial charge in [0, 0.05) is 13.2 Å². The second kappa shape index (κ2) is 6.92. The van der Waals surface area contributed by atoms with E-state index in [0.29, 0.717) is 12.5 Å². The summed E-state index contributed by atoms with van der Waals surface area (Å²) in [6, 6.07) is 6.34. The molecular weight excluding hydrogens is 238 g/mol. The summed E-state index contributed by atoms with van der Waals surface area (Å²) in [5, 5.41) is 9.11. The molecule has 1 fully saturated rings. The van der Waals surface area contributed by atoms with Gasteiger partial charge in [-0.25, -0.2) is 0 Å². The minimum Gasteiger partial charge on any atom is -0.492 e. The van der Waals surface area contributed by atoms with Crippen LogP contribution >= 0.6 is 0 Å². The predicted molar refractivity (Wildman–Crippen MR) is 77.7 cm³/mol. The number of hydrogen-bond donors (Lipinski definition) is 1. The molecule has 0 radical (unpaired) electrons. The standard InChI is InChI=1S/C16H25NO2/c1-13-9-14(2)11-16(10-13)19-8-7-17-5-3-15(12-18)4-6-17/h9-11,15,18H,3-8,12H2,1-2H3. The summed E-state index contributed by atoms with van der Waals surface area (Å²) in [7, 11) is 0. The largest absolute Gasteiger partial charge is 0.492 e. The quantitative estimate of drug-likeness (QED) is 0.885. The van der Waals surface area contributed by atoms with Gasteiger partial charge < -0.3 is 9.84 Å². The van der Waals surface area contributed by atoms with E-state index in [4.69, 9.17) is 9.84 Å². The van der Waals surface area contributed by atoms with Crippen molar-refractivity contribution in [3.05, 3.63) is 29.3 Å². The summed E-state index contributed by atoms with van der Waals surface area (Å²) in [6.07, 6.45) is 2.22. The highest BCUT2D eigenvalue weighted by Crippen LogP contribution is 2.18. The van der Waals surface area contributed by atoms with Crippen LogP contribution in [0.1, 0.15) is 24.0 Å². The highest BCUT2D eigenvalue weighted by atomic mass is 16.5. The van der Waals surface area contributed by atoms with Crippen molar-refractivity contribution in [2.45, 2.75) is 26.7 Å². The Hall–Kier alpha value is -1.06. The van der Waals surface area contributed by atoms with Crippen LogP contribution in [0.2, 0.25) is 0 Å². The van der Waals surface area contributed by atoms with Crippen LogP contribution in [0.5, 0.6) is 5.75 Å². The van der Waals surface area contributed by atoms with Crippen molar-refractivity contribution in [1.29, 1.82) is 0 Å². The lowest BCUT2D eigenvalue weighted by Gasteiger charge is -2.30. The molecule has 0 unspecified atom stereocenters. The van der Waals surface area contributed by atoms with Crippen LogP contribution in [0.3, 0.4) is 0 Å². The molecule has 0 atom stereocenters. The van der Waals surface area contributed by atoms with E-state index >= 15 is 0 Å². The number of aliphatic hydroxyl groups is 1. The lowest BCUT2D eigenvalue weighted by atomic mass is 9.98. The molecule has 0 aromatic heterocycles. The molecule has 1 N–H and O–H groups in total. The van der Waals surface area contributed by atoms with Crippen LogP contribution in [0.15, 0.2) is 18.2 Å². The Kier molecular flexibility index (Phi) is 5.23. The Morgan fingerprint density at radius 3 is 2.37 bits per heavy atom. The third kappa shape index (κ3) is 4.51. The maximum atomic E-state index is 9.11. The molecule has 0 bridgehead atoms. The minimum atomic E-state index is 0.340. The van der Waals surface area contributed by atoms with E-state index in [0.717, 1.165) is 44.8 Å². The third-order valence-electron chi connectivity index (χ3n) is 3.84. The second-order valence-corrected chi connectivity index (χ2v) is 5.64. The Balaban J connectivity index is 1.72. The van der Waals surface area contributed by atoms with E-state index in [1.807, 2.05) is 0 Å². The molecule has 106 valence electrons. The molecule has 1 aliphatic rings. The smallest absolute Gasteiger partial charge is 0.119 e. The first-order valence-electron chi connectivity index (χ1n) is 7.21. The van der Waals surface area contributed by atoms with Gasteiger partial charge in [-0.3, -0.25) is 4.90 Å². The van der Waals surface area contributed by atoms with Crippen molar-refractivity contribution in [3.63, 3.8) is 0 Å². The summed E-state index contributed by atoms with van der Waals surface area (Å²) in [4.78, 5) is 2.43. The van der Waals surface area contributed by atoms with Crippen LogP contribution in [0, 0.1) is 19.8 Å². The predicted octanol–water partition coefficient (Wildman–Crippen LogP) is 2.39. The van der Waals surface area contributed by atoms with E-state index in [-0.39, 0.29) is 0 Å². The number of piperidine rings is 1. The lowest BCUT2D eigenvalue weighted by Crippen LogP contribution is -2.37. The van der Waals surface area contributed by atoms with Crippen molar-refractivity contribution < 1.29 is 9.84 Å². The normalized spacial score (nSPS) is 17.6. The number of aliphatic hydroxyl groups excluding tert-OH is 1. The molecule has 0 spiro atoms. The first-order chi connectivity index (χ1) is 9.17. The van der Waals surface area contributed by atoms with E-state index in [2.05, 4.69) is 36.9 Å². The fourth-order valence-corrected chi connectivity index (χ4v) is 2.70. The van der Waals surface area contributed by atoms with Gasteiger partial charge in [0.15, 0.2) is 0 Å². The Bertz CT molecular complexity index is 377. The summed E-state index contributed by atoms with van der Waals surface area (Å²) in [5.74, 6) is 1.49. The van der Waals surface area contributed by atoms with Gasteiger partial charge in [-0.05, 0) is 69.0 Å². The number of nitrogens with zero attached hydrogens (tertiary/aromatic N) is 1. The van der Waals surface area contributed by atoms with Gasteiger partial charge in [0.2, 0.25) is 0 Å². The van der Waals surface area contributed by atoms with Crippen molar-refractivity contribution in [3.8, 4) is 5.75 Å². The SMILES string of the molecule is Cc1cc(C)cc(OCCN2CCC(CO)CC2)c1. The van der Waals surface area contributed by atoms with Crippen LogP contribution in [-0.4, -0.2) is 42.9 Å². The summed E-state index contributed by atoms with van der Waals surface area (Å²) >= 11 is 0. The van der Waals surface area contributed by atoms with Gasteiger partial charge in [0.05, 0.1) is 0 Å². The maximum absolute atomic E-state index is 9.11. The minimum absolute atomic E-state index is 0.340. The summed E-state index contributed by atoms with van der Waals surface area (Å²) in [6.45, 7) is 8.42. The molecule has 1 saturated heterocycles. The molecule has 1 heterocycles. The molecule has 3 nitrogen and oxygen atoms in total. The highest BCUT2D eigenvalue weighted by Gasteiger charge is 2.17. The molecule has 1 aromatic carbocycles. The fraction of sp³-hybridized carbons (Fsp3) is 0.625. The van der Waals surface area contributed by atoms with E-state index < -0.39 is 0 Å². The first kappa shape index (κ1) is 14.4. The van der Waals surface area contributed by atoms with Crippen LogP contribution in [0.4, 0.5) is 0 Å². The molecule has 1 aromatic rings. The van der Waals surface area contributed by atoms with Crippen molar-refractivity contribution in [2.75, 3.05) is 32.8 Å². The number of aryl methyl sites for hydroxylation is 2. The molecular formula is C16H25NO2. The Morgan fingerprint density at radius 1 is 1.16 bits per heavy atom. The van der Waals surface area contributed by atoms with Gasteiger partial charge in [-0.1, -0.05) is 6.07 Å². The summed E-state index contributed by atoms with van der Waals surface area (Å²) in [5.41, 5.74) is 2.50. The van der Waals surface area contributed by atoms with Gasteiger partial charge >= 0.3 is 0 Å². The molecule has 0 amide bonds. The van der Waals surface area contributed by atoms with Crippen molar-refractivity contribution in [2.24, 2.45) is 5.92 Å². The van der Waals surface area contributed by atoms with E-state index in [9.17, 15) is 0 Å². The third-order valence-corrected chi connectivity index (χ3v) is 3.84. The van der Waals surface area contributed by atoms with E-state index in [1.165, 1.54) is 11.1 Å². The fourth-order valence-electron chi connectivity index (χ4n) is 2.70. The maximum Gasteiger partial charge on any atom is 0.119 e. The number of hydrogen-bond acceptors (Lipinski definition) is 3. The van der Waals surface area contributed by atoms with E-state index in [1.54, 1.807) is 0 Å². The summed E-state index contributed by atoms with van der Waals surface area (Å²) < 4.78 is 5.83. The van der Waals surface area contributed by atoms with Gasteiger partial charge in [0.1, 0.15) is 12.4 Å². The molecule has 3 heteroatoms. The van der Waals surface area contributed by atoms with Crippen LogP contribution in [-0.2, 0) is 0 Å². The molecule has 19 heavy (non-hydrogen) atoms. The topological polar surface area (TPSA) is 32.7 Å².